The zero-order chi connectivity index (χ0) is 19.1. The molecule has 0 amide bonds. The Hall–Kier alpha value is -3.29. The van der Waals surface area contributed by atoms with Gasteiger partial charge in [0, 0.05) is 34.6 Å². The van der Waals surface area contributed by atoms with Gasteiger partial charge in [-0.05, 0) is 48.5 Å². The summed E-state index contributed by atoms with van der Waals surface area (Å²) in [6.07, 6.45) is 5.04. The molecule has 5 rings (SSSR count). The average molecular weight is 407 g/mol. The minimum Gasteiger partial charge on any atom is -0.457 e. The van der Waals surface area contributed by atoms with Crippen molar-refractivity contribution in [1.29, 1.82) is 0 Å². The zero-order valence-corrected chi connectivity index (χ0v) is 15.8. The van der Waals surface area contributed by atoms with E-state index in [0.29, 0.717) is 31.9 Å². The first-order valence-electron chi connectivity index (χ1n) is 8.35. The van der Waals surface area contributed by atoms with Crippen molar-refractivity contribution in [3.63, 3.8) is 0 Å². The molecule has 0 saturated heterocycles. The van der Waals surface area contributed by atoms with Crippen molar-refractivity contribution in [3.05, 3.63) is 86.6 Å². The Bertz CT molecular complexity index is 1390. The van der Waals surface area contributed by atoms with Crippen LogP contribution in [0.1, 0.15) is 5.76 Å². The van der Waals surface area contributed by atoms with Gasteiger partial charge in [-0.1, -0.05) is 22.9 Å². The minimum atomic E-state index is -0.230. The molecule has 5 aromatic rings. The summed E-state index contributed by atoms with van der Waals surface area (Å²) < 4.78 is 7.66. The van der Waals surface area contributed by atoms with Gasteiger partial charge in [0.15, 0.2) is 5.82 Å². The third-order valence-corrected chi connectivity index (χ3v) is 5.34. The molecule has 0 atom stereocenters. The summed E-state index contributed by atoms with van der Waals surface area (Å²) >= 11 is 7.18. The Balaban J connectivity index is 1.52. The van der Waals surface area contributed by atoms with Gasteiger partial charge in [-0.2, -0.15) is 9.50 Å². The summed E-state index contributed by atoms with van der Waals surface area (Å²) in [5.74, 6) is 1.76. The molecular weight excluding hydrogens is 396 g/mol. The molecule has 0 radical (unpaired) electrons. The number of halogens is 1. The van der Waals surface area contributed by atoms with Gasteiger partial charge < -0.3 is 4.42 Å². The van der Waals surface area contributed by atoms with E-state index in [1.54, 1.807) is 36.7 Å². The van der Waals surface area contributed by atoms with Crippen molar-refractivity contribution in [2.45, 2.75) is 0 Å². The van der Waals surface area contributed by atoms with Crippen molar-refractivity contribution in [3.8, 4) is 22.7 Å². The molecule has 6 nitrogen and oxygen atoms in total. The van der Waals surface area contributed by atoms with E-state index >= 15 is 0 Å². The predicted octanol–water partition coefficient (Wildman–Crippen LogP) is 3.67. The molecule has 1 aromatic carbocycles. The SMILES string of the molecule is O=c1/c(=C/c2ccc(-c3ccc(Cl)cc3)o2)sc2nc(-c3cccnc3)nn12. The van der Waals surface area contributed by atoms with Crippen LogP contribution in [0.3, 0.4) is 0 Å². The van der Waals surface area contributed by atoms with E-state index in [-0.39, 0.29) is 5.56 Å². The van der Waals surface area contributed by atoms with E-state index in [4.69, 9.17) is 16.0 Å². The van der Waals surface area contributed by atoms with Crippen molar-refractivity contribution >= 4 is 34.0 Å². The molecule has 28 heavy (non-hydrogen) atoms. The monoisotopic (exact) mass is 406 g/mol. The summed E-state index contributed by atoms with van der Waals surface area (Å²) in [5.41, 5.74) is 1.45. The first-order chi connectivity index (χ1) is 13.7. The van der Waals surface area contributed by atoms with Crippen LogP contribution in [0.25, 0.3) is 33.7 Å². The highest BCUT2D eigenvalue weighted by atomic mass is 35.5. The summed E-state index contributed by atoms with van der Waals surface area (Å²) in [6, 6.07) is 14.7. The van der Waals surface area contributed by atoms with Crippen molar-refractivity contribution in [2.24, 2.45) is 0 Å². The first-order valence-corrected chi connectivity index (χ1v) is 9.54. The smallest absolute Gasteiger partial charge is 0.291 e. The quantitative estimate of drug-likeness (QED) is 0.457. The fourth-order valence-corrected chi connectivity index (χ4v) is 3.79. The van der Waals surface area contributed by atoms with Crippen LogP contribution in [-0.4, -0.2) is 19.6 Å². The Labute approximate surface area is 167 Å². The van der Waals surface area contributed by atoms with Gasteiger partial charge >= 0.3 is 0 Å². The Morgan fingerprint density at radius 1 is 1.07 bits per heavy atom. The molecule has 0 aliphatic heterocycles. The lowest BCUT2D eigenvalue weighted by molar-refractivity contribution is 0.571. The lowest BCUT2D eigenvalue weighted by atomic mass is 10.2. The molecule has 0 N–H and O–H groups in total. The first kappa shape index (κ1) is 16.9. The highest BCUT2D eigenvalue weighted by molar-refractivity contribution is 7.15. The second kappa shape index (κ2) is 6.70. The number of fused-ring (bicyclic) bond motifs is 1. The molecule has 136 valence electrons. The minimum absolute atomic E-state index is 0.230. The summed E-state index contributed by atoms with van der Waals surface area (Å²) in [5, 5.41) is 4.97. The fraction of sp³-hybridized carbons (Fsp3) is 0. The molecule has 0 bridgehead atoms. The van der Waals surface area contributed by atoms with E-state index in [1.165, 1.54) is 15.9 Å². The maximum absolute atomic E-state index is 12.7. The van der Waals surface area contributed by atoms with E-state index in [9.17, 15) is 4.79 Å². The lowest BCUT2D eigenvalue weighted by Crippen LogP contribution is -2.23. The van der Waals surface area contributed by atoms with Crippen LogP contribution in [0.4, 0.5) is 0 Å². The van der Waals surface area contributed by atoms with Gasteiger partial charge in [0.25, 0.3) is 5.56 Å². The van der Waals surface area contributed by atoms with Crippen LogP contribution in [0.15, 0.2) is 70.1 Å². The fourth-order valence-electron chi connectivity index (χ4n) is 2.78. The van der Waals surface area contributed by atoms with Gasteiger partial charge in [-0.25, -0.2) is 0 Å². The van der Waals surface area contributed by atoms with Crippen LogP contribution < -0.4 is 10.1 Å². The van der Waals surface area contributed by atoms with Crippen LogP contribution in [-0.2, 0) is 0 Å². The average Bonchev–Trinajstić information content (AvgIpc) is 3.41. The Morgan fingerprint density at radius 3 is 2.68 bits per heavy atom. The number of hydrogen-bond acceptors (Lipinski definition) is 6. The molecule has 8 heteroatoms. The van der Waals surface area contributed by atoms with Crippen LogP contribution >= 0.6 is 22.9 Å². The summed E-state index contributed by atoms with van der Waals surface area (Å²) in [6.45, 7) is 0. The molecule has 4 aromatic heterocycles. The topological polar surface area (TPSA) is 73.3 Å². The molecular formula is C20H11ClN4O2S. The number of benzene rings is 1. The normalized spacial score (nSPS) is 12.1. The number of aromatic nitrogens is 4. The number of furan rings is 1. The van der Waals surface area contributed by atoms with Crippen molar-refractivity contribution in [2.75, 3.05) is 0 Å². The highest BCUT2D eigenvalue weighted by Gasteiger charge is 2.12. The van der Waals surface area contributed by atoms with Crippen molar-refractivity contribution < 1.29 is 4.42 Å². The Morgan fingerprint density at radius 2 is 1.93 bits per heavy atom. The maximum atomic E-state index is 12.7. The second-order valence-corrected chi connectivity index (χ2v) is 7.44. The van der Waals surface area contributed by atoms with E-state index in [1.807, 2.05) is 30.3 Å². The number of nitrogens with zero attached hydrogens (tertiary/aromatic N) is 4. The van der Waals surface area contributed by atoms with E-state index in [0.717, 1.165) is 11.1 Å². The molecule has 0 unspecified atom stereocenters. The summed E-state index contributed by atoms with van der Waals surface area (Å²) in [4.78, 5) is 21.7. The van der Waals surface area contributed by atoms with Crippen molar-refractivity contribution in [1.82, 2.24) is 19.6 Å². The molecule has 0 fully saturated rings. The molecule has 0 saturated carbocycles. The van der Waals surface area contributed by atoms with Gasteiger partial charge in [-0.15, -0.1) is 5.10 Å². The number of hydrogen-bond donors (Lipinski definition) is 0. The number of pyridine rings is 1. The van der Waals surface area contributed by atoms with Crippen LogP contribution in [0.5, 0.6) is 0 Å². The molecule has 4 heterocycles. The third kappa shape index (κ3) is 3.00. The van der Waals surface area contributed by atoms with Gasteiger partial charge in [0.2, 0.25) is 4.96 Å². The predicted molar refractivity (Wildman–Crippen MR) is 108 cm³/mol. The van der Waals surface area contributed by atoms with Gasteiger partial charge in [0.05, 0.1) is 0 Å². The second-order valence-electron chi connectivity index (χ2n) is 6.00. The molecule has 0 aliphatic carbocycles. The summed E-state index contributed by atoms with van der Waals surface area (Å²) in [7, 11) is 0. The Kier molecular flexibility index (Phi) is 4.03. The maximum Gasteiger partial charge on any atom is 0.291 e. The molecule has 0 spiro atoms. The zero-order valence-electron chi connectivity index (χ0n) is 14.2. The van der Waals surface area contributed by atoms with E-state index < -0.39 is 0 Å². The van der Waals surface area contributed by atoms with Gasteiger partial charge in [-0.3, -0.25) is 9.78 Å². The largest absolute Gasteiger partial charge is 0.457 e. The highest BCUT2D eigenvalue weighted by Crippen LogP contribution is 2.24. The van der Waals surface area contributed by atoms with Gasteiger partial charge in [0.1, 0.15) is 16.1 Å². The third-order valence-electron chi connectivity index (χ3n) is 4.13. The standard InChI is InChI=1S/C20H11ClN4O2S/c21-14-5-3-12(4-6-14)16-8-7-15(27-16)10-17-19(26)25-20(28-17)23-18(24-25)13-2-1-9-22-11-13/h1-11H/b17-10-. The van der Waals surface area contributed by atoms with E-state index in [2.05, 4.69) is 15.1 Å². The van der Waals surface area contributed by atoms with Crippen LogP contribution in [0.2, 0.25) is 5.02 Å². The number of thiazole rings is 1. The van der Waals surface area contributed by atoms with Crippen LogP contribution in [0, 0.1) is 0 Å². The molecule has 0 aliphatic rings. The lowest BCUT2D eigenvalue weighted by Gasteiger charge is -1.96. The number of rotatable bonds is 3.